The Balaban J connectivity index is 2.26. The third kappa shape index (κ3) is 3.42. The van der Waals surface area contributed by atoms with Gasteiger partial charge in [0.05, 0.1) is 17.2 Å². The second-order valence-corrected chi connectivity index (χ2v) is 5.01. The summed E-state index contributed by atoms with van der Waals surface area (Å²) in [6.45, 7) is 1.75. The molecule has 0 radical (unpaired) electrons. The van der Waals surface area contributed by atoms with Crippen LogP contribution >= 0.6 is 0 Å². The summed E-state index contributed by atoms with van der Waals surface area (Å²) in [5, 5.41) is 8.80. The molecule has 0 atom stereocenters. The fraction of sp³-hybridized carbons (Fsp3) is 0.429. The predicted octanol–water partition coefficient (Wildman–Crippen LogP) is 2.17. The van der Waals surface area contributed by atoms with Crippen molar-refractivity contribution < 1.29 is 18.0 Å². The number of nitrogens with two attached hydrogens (primary N) is 1. The van der Waals surface area contributed by atoms with Gasteiger partial charge in [-0.25, -0.2) is 4.79 Å². The largest absolute Gasteiger partial charge is 0.417 e. The molecule has 1 aromatic rings. The molecule has 22 heavy (non-hydrogen) atoms. The molecule has 1 aliphatic heterocycles. The van der Waals surface area contributed by atoms with E-state index < -0.39 is 23.3 Å². The Morgan fingerprint density at radius 1 is 1.23 bits per heavy atom. The van der Waals surface area contributed by atoms with E-state index in [1.165, 1.54) is 17.0 Å². The van der Waals surface area contributed by atoms with E-state index in [1.54, 1.807) is 11.0 Å². The van der Waals surface area contributed by atoms with E-state index in [0.29, 0.717) is 38.3 Å². The van der Waals surface area contributed by atoms with Crippen LogP contribution in [0.3, 0.4) is 0 Å². The van der Waals surface area contributed by atoms with E-state index in [2.05, 4.69) is 0 Å². The number of hydrogen-bond donors (Lipinski definition) is 1. The van der Waals surface area contributed by atoms with Gasteiger partial charge in [-0.2, -0.15) is 18.4 Å². The molecule has 0 saturated carbocycles. The number of halogens is 3. The summed E-state index contributed by atoms with van der Waals surface area (Å²) in [7, 11) is 0. The number of carbonyl (C=O) groups excluding carboxylic acids is 1. The number of benzene rings is 1. The van der Waals surface area contributed by atoms with Crippen LogP contribution in [0.1, 0.15) is 17.5 Å². The molecular formula is C14H15F3N4O. The molecule has 1 aromatic carbocycles. The molecule has 0 aromatic heterocycles. The van der Waals surface area contributed by atoms with Crippen LogP contribution < -0.4 is 10.6 Å². The molecule has 0 bridgehead atoms. The average Bonchev–Trinajstić information content (AvgIpc) is 2.71. The van der Waals surface area contributed by atoms with Crippen molar-refractivity contribution >= 4 is 11.7 Å². The van der Waals surface area contributed by atoms with Crippen LogP contribution in [0.4, 0.5) is 23.7 Å². The number of alkyl halides is 3. The van der Waals surface area contributed by atoms with Crippen molar-refractivity contribution in [2.45, 2.75) is 12.6 Å². The summed E-state index contributed by atoms with van der Waals surface area (Å²) in [6, 6.07) is 4.68. The first-order valence-corrected chi connectivity index (χ1v) is 6.73. The first-order valence-electron chi connectivity index (χ1n) is 6.73. The summed E-state index contributed by atoms with van der Waals surface area (Å²) < 4.78 is 39.0. The number of nitriles is 1. The van der Waals surface area contributed by atoms with Gasteiger partial charge in [0.2, 0.25) is 0 Å². The van der Waals surface area contributed by atoms with Crippen LogP contribution in [0.5, 0.6) is 0 Å². The lowest BCUT2D eigenvalue weighted by molar-refractivity contribution is -0.137. The number of primary amides is 1. The van der Waals surface area contributed by atoms with Gasteiger partial charge < -0.3 is 15.5 Å². The predicted molar refractivity (Wildman–Crippen MR) is 74.1 cm³/mol. The van der Waals surface area contributed by atoms with Crippen LogP contribution in [0.25, 0.3) is 0 Å². The molecule has 0 aliphatic carbocycles. The second-order valence-electron chi connectivity index (χ2n) is 5.01. The van der Waals surface area contributed by atoms with E-state index in [0.717, 1.165) is 6.07 Å². The highest BCUT2D eigenvalue weighted by atomic mass is 19.4. The SMILES string of the molecule is N#Cc1ccc(N2CCCN(C(N)=O)CC2)cc1C(F)(F)F. The van der Waals surface area contributed by atoms with Crippen molar-refractivity contribution in [1.29, 1.82) is 5.26 Å². The number of hydrogen-bond acceptors (Lipinski definition) is 3. The van der Waals surface area contributed by atoms with Crippen molar-refractivity contribution in [3.63, 3.8) is 0 Å². The van der Waals surface area contributed by atoms with Gasteiger partial charge in [-0.1, -0.05) is 0 Å². The Hall–Kier alpha value is -2.43. The molecule has 2 amide bonds. The molecule has 1 heterocycles. The number of rotatable bonds is 1. The molecule has 118 valence electrons. The van der Waals surface area contributed by atoms with Crippen LogP contribution in [0.2, 0.25) is 0 Å². The highest BCUT2D eigenvalue weighted by Gasteiger charge is 2.34. The quantitative estimate of drug-likeness (QED) is 0.863. The van der Waals surface area contributed by atoms with Crippen molar-refractivity contribution in [3.8, 4) is 6.07 Å². The molecule has 2 rings (SSSR count). The topological polar surface area (TPSA) is 73.4 Å². The van der Waals surface area contributed by atoms with Gasteiger partial charge in [0.25, 0.3) is 0 Å². The third-order valence-electron chi connectivity index (χ3n) is 3.60. The molecule has 0 spiro atoms. The fourth-order valence-corrected chi connectivity index (χ4v) is 2.46. The lowest BCUT2D eigenvalue weighted by atomic mass is 10.1. The Morgan fingerprint density at radius 3 is 2.55 bits per heavy atom. The number of carbonyl (C=O) groups is 1. The maximum absolute atomic E-state index is 13.0. The maximum Gasteiger partial charge on any atom is 0.417 e. The minimum Gasteiger partial charge on any atom is -0.370 e. The van der Waals surface area contributed by atoms with Crippen LogP contribution in [-0.2, 0) is 6.18 Å². The van der Waals surface area contributed by atoms with Gasteiger partial charge >= 0.3 is 12.2 Å². The fourth-order valence-electron chi connectivity index (χ4n) is 2.46. The number of amides is 2. The summed E-state index contributed by atoms with van der Waals surface area (Å²) in [5.41, 5.74) is 4.27. The standard InChI is InChI=1S/C14H15F3N4O/c15-14(16,17)12-8-11(3-2-10(12)9-18)20-4-1-5-21(7-6-20)13(19)22/h2-3,8H,1,4-7H2,(H2,19,22). The molecular weight excluding hydrogens is 297 g/mol. The van der Waals surface area contributed by atoms with E-state index in [-0.39, 0.29) is 0 Å². The highest BCUT2D eigenvalue weighted by molar-refractivity contribution is 5.72. The minimum atomic E-state index is -4.58. The molecule has 1 aliphatic rings. The highest BCUT2D eigenvalue weighted by Crippen LogP contribution is 2.34. The van der Waals surface area contributed by atoms with Gasteiger partial charge in [-0.15, -0.1) is 0 Å². The van der Waals surface area contributed by atoms with Crippen LogP contribution in [0, 0.1) is 11.3 Å². The maximum atomic E-state index is 13.0. The monoisotopic (exact) mass is 312 g/mol. The van der Waals surface area contributed by atoms with E-state index in [1.807, 2.05) is 0 Å². The van der Waals surface area contributed by atoms with Gasteiger partial charge in [-0.3, -0.25) is 0 Å². The average molecular weight is 312 g/mol. The Kier molecular flexibility index (Phi) is 4.45. The Bertz CT molecular complexity index is 609. The van der Waals surface area contributed by atoms with Crippen molar-refractivity contribution in [1.82, 2.24) is 4.90 Å². The van der Waals surface area contributed by atoms with E-state index >= 15 is 0 Å². The zero-order chi connectivity index (χ0) is 16.3. The molecule has 1 fully saturated rings. The molecule has 1 saturated heterocycles. The minimum absolute atomic E-state index is 0.358. The van der Waals surface area contributed by atoms with Crippen molar-refractivity contribution in [3.05, 3.63) is 29.3 Å². The van der Waals surface area contributed by atoms with E-state index in [4.69, 9.17) is 11.0 Å². The summed E-state index contributed by atoms with van der Waals surface area (Å²) in [6.07, 6.45) is -3.96. The van der Waals surface area contributed by atoms with Gasteiger partial charge in [0, 0.05) is 31.9 Å². The van der Waals surface area contributed by atoms with Crippen molar-refractivity contribution in [2.75, 3.05) is 31.1 Å². The summed E-state index contributed by atoms with van der Waals surface area (Å²) in [4.78, 5) is 14.4. The summed E-state index contributed by atoms with van der Waals surface area (Å²) in [5.74, 6) is 0. The Labute approximate surface area is 125 Å². The van der Waals surface area contributed by atoms with Gasteiger partial charge in [0.1, 0.15) is 0 Å². The van der Waals surface area contributed by atoms with E-state index in [9.17, 15) is 18.0 Å². The number of urea groups is 1. The smallest absolute Gasteiger partial charge is 0.370 e. The first kappa shape index (κ1) is 15.9. The van der Waals surface area contributed by atoms with Crippen molar-refractivity contribution in [2.24, 2.45) is 5.73 Å². The van der Waals surface area contributed by atoms with Crippen LogP contribution in [-0.4, -0.2) is 37.1 Å². The summed E-state index contributed by atoms with van der Waals surface area (Å²) >= 11 is 0. The third-order valence-corrected chi connectivity index (χ3v) is 3.60. The molecule has 8 heteroatoms. The van der Waals surface area contributed by atoms with Gasteiger partial charge in [0.15, 0.2) is 0 Å². The zero-order valence-electron chi connectivity index (χ0n) is 11.7. The van der Waals surface area contributed by atoms with Crippen LogP contribution in [0.15, 0.2) is 18.2 Å². The first-order chi connectivity index (χ1) is 10.3. The van der Waals surface area contributed by atoms with Gasteiger partial charge in [-0.05, 0) is 24.6 Å². The lowest BCUT2D eigenvalue weighted by Gasteiger charge is -2.24. The lowest BCUT2D eigenvalue weighted by Crippen LogP contribution is -2.38. The zero-order valence-corrected chi connectivity index (χ0v) is 11.7. The second kappa shape index (κ2) is 6.13. The number of anilines is 1. The molecule has 2 N–H and O–H groups in total. The number of nitrogens with zero attached hydrogens (tertiary/aromatic N) is 3. The normalized spacial score (nSPS) is 16.1. The molecule has 5 nitrogen and oxygen atoms in total. The molecule has 0 unspecified atom stereocenters. The Morgan fingerprint density at radius 2 is 1.95 bits per heavy atom.